The molecule has 0 aromatic heterocycles. The predicted molar refractivity (Wildman–Crippen MR) is 99.7 cm³/mol. The number of ether oxygens (including phenoxy) is 2. The molecule has 2 aromatic carbocycles. The van der Waals surface area contributed by atoms with Crippen LogP contribution in [0.2, 0.25) is 0 Å². The lowest BCUT2D eigenvalue weighted by Gasteiger charge is -2.23. The lowest BCUT2D eigenvalue weighted by molar-refractivity contribution is 0.0760. The van der Waals surface area contributed by atoms with Gasteiger partial charge in [0, 0.05) is 38.3 Å². The molecule has 0 radical (unpaired) electrons. The SMILES string of the molecule is O=C(c1ccc2c(c1)OCCO2)N1CCCN(Cc2ccccc2)CC1. The Bertz CT molecular complexity index is 763. The monoisotopic (exact) mass is 352 g/mol. The lowest BCUT2D eigenvalue weighted by atomic mass is 10.1. The Labute approximate surface area is 154 Å². The van der Waals surface area contributed by atoms with Gasteiger partial charge in [-0.15, -0.1) is 0 Å². The summed E-state index contributed by atoms with van der Waals surface area (Å²) in [5, 5.41) is 0. The van der Waals surface area contributed by atoms with E-state index in [1.165, 1.54) is 5.56 Å². The molecule has 26 heavy (non-hydrogen) atoms. The maximum Gasteiger partial charge on any atom is 0.254 e. The van der Waals surface area contributed by atoms with Crippen molar-refractivity contribution in [2.45, 2.75) is 13.0 Å². The van der Waals surface area contributed by atoms with Crippen LogP contribution < -0.4 is 9.47 Å². The standard InChI is InChI=1S/C21H24N2O3/c24-21(18-7-8-19-20(15-18)26-14-13-25-19)23-10-4-9-22(11-12-23)16-17-5-2-1-3-6-17/h1-3,5-8,15H,4,9-14,16H2. The van der Waals surface area contributed by atoms with Gasteiger partial charge in [0.2, 0.25) is 0 Å². The Morgan fingerprint density at radius 3 is 2.54 bits per heavy atom. The zero-order valence-corrected chi connectivity index (χ0v) is 14.9. The van der Waals surface area contributed by atoms with Crippen LogP contribution in [0.4, 0.5) is 0 Å². The first-order valence-electron chi connectivity index (χ1n) is 9.25. The average Bonchev–Trinajstić information content (AvgIpc) is 2.93. The summed E-state index contributed by atoms with van der Waals surface area (Å²) >= 11 is 0. The van der Waals surface area contributed by atoms with Gasteiger partial charge in [0.1, 0.15) is 13.2 Å². The smallest absolute Gasteiger partial charge is 0.254 e. The number of amides is 1. The first-order chi connectivity index (χ1) is 12.8. The van der Waals surface area contributed by atoms with Gasteiger partial charge in [-0.25, -0.2) is 0 Å². The molecule has 1 saturated heterocycles. The molecule has 2 aliphatic heterocycles. The molecule has 5 heteroatoms. The molecule has 0 spiro atoms. The zero-order chi connectivity index (χ0) is 17.8. The predicted octanol–water partition coefficient (Wildman–Crippen LogP) is 2.81. The van der Waals surface area contributed by atoms with Crippen molar-refractivity contribution >= 4 is 5.91 Å². The fourth-order valence-corrected chi connectivity index (χ4v) is 3.53. The van der Waals surface area contributed by atoms with Crippen molar-refractivity contribution in [1.29, 1.82) is 0 Å². The molecule has 4 rings (SSSR count). The molecular weight excluding hydrogens is 328 g/mol. The van der Waals surface area contributed by atoms with Crippen LogP contribution in [0.1, 0.15) is 22.3 Å². The average molecular weight is 352 g/mol. The molecule has 1 amide bonds. The Kier molecular flexibility index (Phi) is 5.07. The third kappa shape index (κ3) is 3.83. The normalized spacial score (nSPS) is 17.6. The number of fused-ring (bicyclic) bond motifs is 1. The maximum absolute atomic E-state index is 12.9. The van der Waals surface area contributed by atoms with Crippen LogP contribution in [-0.4, -0.2) is 55.1 Å². The Balaban J connectivity index is 1.40. The van der Waals surface area contributed by atoms with Gasteiger partial charge in [-0.05, 0) is 30.2 Å². The van der Waals surface area contributed by atoms with Crippen LogP contribution in [0, 0.1) is 0 Å². The first-order valence-corrected chi connectivity index (χ1v) is 9.25. The van der Waals surface area contributed by atoms with E-state index in [2.05, 4.69) is 29.2 Å². The summed E-state index contributed by atoms with van der Waals surface area (Å²) < 4.78 is 11.1. The van der Waals surface area contributed by atoms with E-state index in [-0.39, 0.29) is 5.91 Å². The molecule has 5 nitrogen and oxygen atoms in total. The van der Waals surface area contributed by atoms with Gasteiger partial charge in [-0.3, -0.25) is 9.69 Å². The molecule has 2 aliphatic rings. The van der Waals surface area contributed by atoms with E-state index in [9.17, 15) is 4.79 Å². The molecule has 0 unspecified atom stereocenters. The molecule has 0 N–H and O–H groups in total. The van der Waals surface area contributed by atoms with Crippen LogP contribution in [-0.2, 0) is 6.54 Å². The van der Waals surface area contributed by atoms with Crippen molar-refractivity contribution < 1.29 is 14.3 Å². The molecule has 0 saturated carbocycles. The molecule has 2 aromatic rings. The second-order valence-electron chi connectivity index (χ2n) is 6.77. The van der Waals surface area contributed by atoms with E-state index in [0.717, 1.165) is 44.9 Å². The van der Waals surface area contributed by atoms with Crippen LogP contribution in [0.3, 0.4) is 0 Å². The van der Waals surface area contributed by atoms with Gasteiger partial charge in [0.25, 0.3) is 5.91 Å². The largest absolute Gasteiger partial charge is 0.486 e. The van der Waals surface area contributed by atoms with E-state index in [1.54, 1.807) is 0 Å². The van der Waals surface area contributed by atoms with E-state index in [0.29, 0.717) is 24.5 Å². The van der Waals surface area contributed by atoms with Crippen LogP contribution in [0.5, 0.6) is 11.5 Å². The Hall–Kier alpha value is -2.53. The summed E-state index contributed by atoms with van der Waals surface area (Å²) in [7, 11) is 0. The van der Waals surface area contributed by atoms with E-state index < -0.39 is 0 Å². The number of nitrogens with zero attached hydrogens (tertiary/aromatic N) is 2. The highest BCUT2D eigenvalue weighted by atomic mass is 16.6. The molecular formula is C21H24N2O3. The van der Waals surface area contributed by atoms with Crippen molar-refractivity contribution in [3.05, 3.63) is 59.7 Å². The summed E-state index contributed by atoms with van der Waals surface area (Å²) in [6.45, 7) is 5.48. The summed E-state index contributed by atoms with van der Waals surface area (Å²) in [4.78, 5) is 17.3. The highest BCUT2D eigenvalue weighted by Gasteiger charge is 2.22. The number of hydrogen-bond donors (Lipinski definition) is 0. The van der Waals surface area contributed by atoms with E-state index >= 15 is 0 Å². The molecule has 2 heterocycles. The number of carbonyl (C=O) groups is 1. The highest BCUT2D eigenvalue weighted by Crippen LogP contribution is 2.31. The van der Waals surface area contributed by atoms with Crippen molar-refractivity contribution in [3.8, 4) is 11.5 Å². The van der Waals surface area contributed by atoms with Gasteiger partial charge in [0.15, 0.2) is 11.5 Å². The van der Waals surface area contributed by atoms with Gasteiger partial charge in [-0.2, -0.15) is 0 Å². The summed E-state index contributed by atoms with van der Waals surface area (Å²) in [6, 6.07) is 16.0. The van der Waals surface area contributed by atoms with Crippen LogP contribution in [0.15, 0.2) is 48.5 Å². The van der Waals surface area contributed by atoms with Crippen molar-refractivity contribution in [1.82, 2.24) is 9.80 Å². The Morgan fingerprint density at radius 1 is 0.885 bits per heavy atom. The Morgan fingerprint density at radius 2 is 1.69 bits per heavy atom. The highest BCUT2D eigenvalue weighted by molar-refractivity contribution is 5.95. The van der Waals surface area contributed by atoms with Gasteiger partial charge in [0.05, 0.1) is 0 Å². The first kappa shape index (κ1) is 16.9. The molecule has 0 aliphatic carbocycles. The van der Waals surface area contributed by atoms with Gasteiger partial charge >= 0.3 is 0 Å². The number of rotatable bonds is 3. The van der Waals surface area contributed by atoms with Crippen LogP contribution >= 0.6 is 0 Å². The minimum atomic E-state index is 0.0727. The zero-order valence-electron chi connectivity index (χ0n) is 14.9. The summed E-state index contributed by atoms with van der Waals surface area (Å²) in [5.41, 5.74) is 1.99. The summed E-state index contributed by atoms with van der Waals surface area (Å²) in [6.07, 6.45) is 0.989. The molecule has 0 atom stereocenters. The third-order valence-corrected chi connectivity index (χ3v) is 4.91. The van der Waals surface area contributed by atoms with Gasteiger partial charge < -0.3 is 14.4 Å². The molecule has 136 valence electrons. The molecule has 1 fully saturated rings. The minimum Gasteiger partial charge on any atom is -0.486 e. The lowest BCUT2D eigenvalue weighted by Crippen LogP contribution is -2.35. The minimum absolute atomic E-state index is 0.0727. The van der Waals surface area contributed by atoms with Crippen molar-refractivity contribution in [2.75, 3.05) is 39.4 Å². The van der Waals surface area contributed by atoms with Crippen molar-refractivity contribution in [2.24, 2.45) is 0 Å². The van der Waals surface area contributed by atoms with Crippen molar-refractivity contribution in [3.63, 3.8) is 0 Å². The van der Waals surface area contributed by atoms with Gasteiger partial charge in [-0.1, -0.05) is 30.3 Å². The fraction of sp³-hybridized carbons (Fsp3) is 0.381. The van der Waals surface area contributed by atoms with E-state index in [1.807, 2.05) is 29.2 Å². The number of hydrogen-bond acceptors (Lipinski definition) is 4. The second-order valence-corrected chi connectivity index (χ2v) is 6.77. The summed E-state index contributed by atoms with van der Waals surface area (Å²) in [5.74, 6) is 1.46. The topological polar surface area (TPSA) is 42.0 Å². The molecule has 0 bridgehead atoms. The number of carbonyl (C=O) groups excluding carboxylic acids is 1. The quantitative estimate of drug-likeness (QED) is 0.852. The van der Waals surface area contributed by atoms with E-state index in [4.69, 9.17) is 9.47 Å². The second kappa shape index (κ2) is 7.79. The maximum atomic E-state index is 12.9. The fourth-order valence-electron chi connectivity index (χ4n) is 3.53. The number of benzene rings is 2. The third-order valence-electron chi connectivity index (χ3n) is 4.91. The van der Waals surface area contributed by atoms with Crippen LogP contribution in [0.25, 0.3) is 0 Å².